The van der Waals surface area contributed by atoms with Gasteiger partial charge in [-0.1, -0.05) is 24.3 Å². The summed E-state index contributed by atoms with van der Waals surface area (Å²) < 4.78 is 0. The van der Waals surface area contributed by atoms with E-state index in [1.807, 2.05) is 0 Å². The zero-order chi connectivity index (χ0) is 10.5. The molecule has 0 aromatic heterocycles. The number of Topliss-reactive ketones (excluding diaryl/α,β-unsaturated/α-hetero) is 1. The SMILES string of the molecule is CC(=O)C1(C2CCc3ccccc32)CC1. The van der Waals surface area contributed by atoms with E-state index in [1.165, 1.54) is 17.5 Å². The van der Waals surface area contributed by atoms with Gasteiger partial charge < -0.3 is 0 Å². The molecule has 0 heterocycles. The highest BCUT2D eigenvalue weighted by molar-refractivity contribution is 5.86. The van der Waals surface area contributed by atoms with E-state index in [2.05, 4.69) is 24.3 Å². The summed E-state index contributed by atoms with van der Waals surface area (Å²) >= 11 is 0. The molecule has 1 atom stereocenters. The predicted octanol–water partition coefficient (Wildman–Crippen LogP) is 3.09. The van der Waals surface area contributed by atoms with Crippen LogP contribution in [-0.4, -0.2) is 5.78 Å². The monoisotopic (exact) mass is 200 g/mol. The van der Waals surface area contributed by atoms with Gasteiger partial charge in [0.25, 0.3) is 0 Å². The summed E-state index contributed by atoms with van der Waals surface area (Å²) in [6.45, 7) is 1.77. The number of rotatable bonds is 2. The van der Waals surface area contributed by atoms with E-state index in [0.29, 0.717) is 11.7 Å². The molecule has 0 radical (unpaired) electrons. The van der Waals surface area contributed by atoms with Crippen molar-refractivity contribution < 1.29 is 4.79 Å². The Morgan fingerprint density at radius 1 is 1.33 bits per heavy atom. The number of benzene rings is 1. The molecule has 0 N–H and O–H groups in total. The lowest BCUT2D eigenvalue weighted by Gasteiger charge is -2.20. The normalized spacial score (nSPS) is 26.1. The van der Waals surface area contributed by atoms with Crippen molar-refractivity contribution in [3.63, 3.8) is 0 Å². The Kier molecular flexibility index (Phi) is 1.79. The highest BCUT2D eigenvalue weighted by Gasteiger charge is 2.54. The number of fused-ring (bicyclic) bond motifs is 1. The van der Waals surface area contributed by atoms with Crippen molar-refractivity contribution in [2.45, 2.75) is 38.5 Å². The minimum atomic E-state index is 0.0343. The van der Waals surface area contributed by atoms with Gasteiger partial charge in [-0.3, -0.25) is 4.79 Å². The minimum absolute atomic E-state index is 0.0343. The van der Waals surface area contributed by atoms with E-state index in [4.69, 9.17) is 0 Å². The van der Waals surface area contributed by atoms with Gasteiger partial charge in [0.2, 0.25) is 0 Å². The van der Waals surface area contributed by atoms with Gasteiger partial charge >= 0.3 is 0 Å². The fourth-order valence-corrected chi connectivity index (χ4v) is 3.21. The lowest BCUT2D eigenvalue weighted by atomic mass is 9.82. The zero-order valence-electron chi connectivity index (χ0n) is 9.12. The van der Waals surface area contributed by atoms with Crippen molar-refractivity contribution >= 4 is 5.78 Å². The molecule has 78 valence electrons. The first-order valence-electron chi connectivity index (χ1n) is 5.83. The van der Waals surface area contributed by atoms with Crippen LogP contribution < -0.4 is 0 Å². The Labute approximate surface area is 90.5 Å². The third-order valence-electron chi connectivity index (χ3n) is 4.29. The van der Waals surface area contributed by atoms with Crippen molar-refractivity contribution in [1.29, 1.82) is 0 Å². The molecule has 0 spiro atoms. The van der Waals surface area contributed by atoms with Crippen LogP contribution in [0, 0.1) is 5.41 Å². The molecule has 1 fully saturated rings. The maximum atomic E-state index is 11.7. The van der Waals surface area contributed by atoms with Crippen LogP contribution in [0.5, 0.6) is 0 Å². The van der Waals surface area contributed by atoms with E-state index in [9.17, 15) is 4.79 Å². The van der Waals surface area contributed by atoms with Gasteiger partial charge in [0.1, 0.15) is 5.78 Å². The fraction of sp³-hybridized carbons (Fsp3) is 0.500. The van der Waals surface area contributed by atoms with Crippen LogP contribution in [0.3, 0.4) is 0 Å². The zero-order valence-corrected chi connectivity index (χ0v) is 9.12. The Hall–Kier alpha value is -1.11. The molecule has 0 bridgehead atoms. The van der Waals surface area contributed by atoms with Crippen LogP contribution in [0.2, 0.25) is 0 Å². The summed E-state index contributed by atoms with van der Waals surface area (Å²) in [5.74, 6) is 0.926. The number of hydrogen-bond acceptors (Lipinski definition) is 1. The second-order valence-corrected chi connectivity index (χ2v) is 5.00. The number of aryl methyl sites for hydroxylation is 1. The summed E-state index contributed by atoms with van der Waals surface area (Å²) in [4.78, 5) is 11.7. The molecule has 1 aromatic carbocycles. The van der Waals surface area contributed by atoms with Crippen LogP contribution in [0.25, 0.3) is 0 Å². The molecule has 1 saturated carbocycles. The molecule has 1 heteroatoms. The second-order valence-electron chi connectivity index (χ2n) is 5.00. The number of carbonyl (C=O) groups excluding carboxylic acids is 1. The van der Waals surface area contributed by atoms with Crippen LogP contribution in [0.1, 0.15) is 43.2 Å². The van der Waals surface area contributed by atoms with E-state index >= 15 is 0 Å². The number of carbonyl (C=O) groups is 1. The maximum absolute atomic E-state index is 11.7. The van der Waals surface area contributed by atoms with Gasteiger partial charge in [-0.25, -0.2) is 0 Å². The van der Waals surface area contributed by atoms with E-state index in [0.717, 1.165) is 19.3 Å². The Morgan fingerprint density at radius 2 is 2.07 bits per heavy atom. The molecule has 0 amide bonds. The summed E-state index contributed by atoms with van der Waals surface area (Å²) in [5.41, 5.74) is 2.95. The molecule has 1 aromatic rings. The first-order valence-corrected chi connectivity index (χ1v) is 5.83. The predicted molar refractivity (Wildman–Crippen MR) is 59.9 cm³/mol. The fourth-order valence-electron chi connectivity index (χ4n) is 3.21. The maximum Gasteiger partial charge on any atom is 0.136 e. The lowest BCUT2D eigenvalue weighted by molar-refractivity contribution is -0.122. The summed E-state index contributed by atoms with van der Waals surface area (Å²) in [7, 11) is 0. The Balaban J connectivity index is 2.01. The van der Waals surface area contributed by atoms with Gasteiger partial charge in [0.05, 0.1) is 0 Å². The molecule has 3 rings (SSSR count). The summed E-state index contributed by atoms with van der Waals surface area (Å²) in [6.07, 6.45) is 4.57. The van der Waals surface area contributed by atoms with Gasteiger partial charge in [0.15, 0.2) is 0 Å². The summed E-state index contributed by atoms with van der Waals surface area (Å²) in [5, 5.41) is 0. The average molecular weight is 200 g/mol. The van der Waals surface area contributed by atoms with Gasteiger partial charge in [-0.15, -0.1) is 0 Å². The van der Waals surface area contributed by atoms with Crippen LogP contribution in [0.4, 0.5) is 0 Å². The highest BCUT2D eigenvalue weighted by atomic mass is 16.1. The van der Waals surface area contributed by atoms with Gasteiger partial charge in [-0.05, 0) is 49.7 Å². The lowest BCUT2D eigenvalue weighted by Crippen LogP contribution is -2.20. The Bertz CT molecular complexity index is 415. The van der Waals surface area contributed by atoms with Crippen LogP contribution >= 0.6 is 0 Å². The van der Waals surface area contributed by atoms with Crippen LogP contribution in [-0.2, 0) is 11.2 Å². The topological polar surface area (TPSA) is 17.1 Å². The third kappa shape index (κ3) is 1.19. The molecule has 0 saturated heterocycles. The summed E-state index contributed by atoms with van der Waals surface area (Å²) in [6, 6.07) is 8.64. The van der Waals surface area contributed by atoms with Crippen LogP contribution in [0.15, 0.2) is 24.3 Å². The average Bonchev–Trinajstić information content (AvgIpc) is 2.93. The largest absolute Gasteiger partial charge is 0.299 e. The molecule has 1 nitrogen and oxygen atoms in total. The third-order valence-corrected chi connectivity index (χ3v) is 4.29. The van der Waals surface area contributed by atoms with E-state index in [-0.39, 0.29) is 5.41 Å². The minimum Gasteiger partial charge on any atom is -0.299 e. The van der Waals surface area contributed by atoms with Crippen molar-refractivity contribution in [3.05, 3.63) is 35.4 Å². The van der Waals surface area contributed by atoms with Crippen molar-refractivity contribution in [1.82, 2.24) is 0 Å². The molecule has 2 aliphatic rings. The molecular formula is C14H16O. The molecule has 0 aliphatic heterocycles. The van der Waals surface area contributed by atoms with Crippen molar-refractivity contribution in [3.8, 4) is 0 Å². The number of ketones is 1. The smallest absolute Gasteiger partial charge is 0.136 e. The van der Waals surface area contributed by atoms with Gasteiger partial charge in [-0.2, -0.15) is 0 Å². The quantitative estimate of drug-likeness (QED) is 0.717. The molecular weight excluding hydrogens is 184 g/mol. The first kappa shape index (κ1) is 9.14. The van der Waals surface area contributed by atoms with E-state index in [1.54, 1.807) is 6.92 Å². The van der Waals surface area contributed by atoms with Gasteiger partial charge in [0, 0.05) is 5.41 Å². The van der Waals surface area contributed by atoms with Crippen molar-refractivity contribution in [2.75, 3.05) is 0 Å². The first-order chi connectivity index (χ1) is 7.24. The number of hydrogen-bond donors (Lipinski definition) is 0. The molecule has 1 unspecified atom stereocenters. The van der Waals surface area contributed by atoms with E-state index < -0.39 is 0 Å². The molecule has 15 heavy (non-hydrogen) atoms. The highest BCUT2D eigenvalue weighted by Crippen LogP contribution is 2.60. The van der Waals surface area contributed by atoms with Crippen molar-refractivity contribution in [2.24, 2.45) is 5.41 Å². The molecule has 2 aliphatic carbocycles. The Morgan fingerprint density at radius 3 is 2.73 bits per heavy atom. The second kappa shape index (κ2) is 2.94. The standard InChI is InChI=1S/C14H16O/c1-10(15)14(8-9-14)13-7-6-11-4-2-3-5-12(11)13/h2-5,13H,6-9H2,1H3.